The fraction of sp³-hybridized carbons (Fsp3) is 0.972. The molecule has 5 rings (SSSR count). The number of hydrogen-bond donors (Lipinski definition) is 8. The van der Waals surface area contributed by atoms with Crippen molar-refractivity contribution in [3.8, 4) is 0 Å². The molecule has 11 heteroatoms. The maximum absolute atomic E-state index is 14.1. The number of fused-ring (bicyclic) bond motifs is 5. The molecular formula is C36H62O11. The minimum atomic E-state index is -1.75. The van der Waals surface area contributed by atoms with Crippen molar-refractivity contribution in [3.63, 3.8) is 0 Å². The highest BCUT2D eigenvalue weighted by Gasteiger charge is 2.71. The standard InChI is InChI=1S/C36H62O11/c1-18(8-11-24(38)32(2,3)45)19-12-14-34(5)20-9-10-23-35(6,21(20)13-15-33(19,34)4)25(39)16-26(40)36(23,7)31(44)47-30-29(43)28(42)27(41)22(17-37)46-30/h18-30,37-43,45H,8-17H2,1-7H3. The molecule has 0 radical (unpaired) electrons. The molecule has 0 aromatic carbocycles. The van der Waals surface area contributed by atoms with E-state index >= 15 is 0 Å². The van der Waals surface area contributed by atoms with Gasteiger partial charge in [-0.2, -0.15) is 0 Å². The monoisotopic (exact) mass is 670 g/mol. The summed E-state index contributed by atoms with van der Waals surface area (Å²) in [6.07, 6.45) is -3.96. The maximum atomic E-state index is 14.1. The molecule has 0 aromatic rings. The summed E-state index contributed by atoms with van der Waals surface area (Å²) >= 11 is 0. The smallest absolute Gasteiger partial charge is 0.317 e. The molecule has 1 aliphatic heterocycles. The van der Waals surface area contributed by atoms with Gasteiger partial charge in [-0.3, -0.25) is 4.79 Å². The molecule has 0 spiro atoms. The van der Waals surface area contributed by atoms with Crippen LogP contribution in [0.4, 0.5) is 0 Å². The van der Waals surface area contributed by atoms with Gasteiger partial charge in [0, 0.05) is 11.8 Å². The van der Waals surface area contributed by atoms with Crippen molar-refractivity contribution in [1.82, 2.24) is 0 Å². The number of rotatable bonds is 8. The van der Waals surface area contributed by atoms with Gasteiger partial charge in [-0.1, -0.05) is 27.7 Å². The van der Waals surface area contributed by atoms with Gasteiger partial charge in [0.15, 0.2) is 0 Å². The fourth-order valence-corrected chi connectivity index (χ4v) is 11.8. The lowest BCUT2D eigenvalue weighted by Crippen LogP contribution is -2.68. The normalized spacial score (nSPS) is 51.3. The molecular weight excluding hydrogens is 608 g/mol. The molecule has 4 saturated carbocycles. The van der Waals surface area contributed by atoms with Crippen LogP contribution in [0.2, 0.25) is 0 Å². The Kier molecular flexibility index (Phi) is 10.1. The lowest BCUT2D eigenvalue weighted by atomic mass is 9.37. The lowest BCUT2D eigenvalue weighted by molar-refractivity contribution is -0.303. The highest BCUT2D eigenvalue weighted by Crippen LogP contribution is 2.74. The van der Waals surface area contributed by atoms with E-state index in [1.165, 1.54) is 0 Å². The maximum Gasteiger partial charge on any atom is 0.317 e. The molecule has 8 N–H and O–H groups in total. The van der Waals surface area contributed by atoms with Crippen LogP contribution in [-0.2, 0) is 14.3 Å². The largest absolute Gasteiger partial charge is 0.432 e. The van der Waals surface area contributed by atoms with Crippen molar-refractivity contribution in [1.29, 1.82) is 0 Å². The van der Waals surface area contributed by atoms with Gasteiger partial charge in [0.05, 0.1) is 35.9 Å². The Morgan fingerprint density at radius 1 is 0.872 bits per heavy atom. The molecule has 1 heterocycles. The Bertz CT molecular complexity index is 1140. The first-order valence-electron chi connectivity index (χ1n) is 18.0. The summed E-state index contributed by atoms with van der Waals surface area (Å²) in [6, 6.07) is 0. The second-order valence-corrected chi connectivity index (χ2v) is 17.6. The molecule has 272 valence electrons. The van der Waals surface area contributed by atoms with E-state index in [2.05, 4.69) is 27.7 Å². The molecule has 4 aliphatic carbocycles. The van der Waals surface area contributed by atoms with E-state index in [9.17, 15) is 45.6 Å². The van der Waals surface area contributed by atoms with Crippen LogP contribution >= 0.6 is 0 Å². The Hall–Kier alpha value is -0.890. The first kappa shape index (κ1) is 37.4. The van der Waals surface area contributed by atoms with Crippen LogP contribution in [-0.4, -0.2) is 108 Å². The molecule has 5 fully saturated rings. The lowest BCUT2D eigenvalue weighted by Gasteiger charge is -2.68. The molecule has 1 saturated heterocycles. The van der Waals surface area contributed by atoms with E-state index in [-0.39, 0.29) is 23.2 Å². The second-order valence-electron chi connectivity index (χ2n) is 17.6. The van der Waals surface area contributed by atoms with E-state index < -0.39 is 83.9 Å². The van der Waals surface area contributed by atoms with Gasteiger partial charge in [0.1, 0.15) is 24.4 Å². The minimum Gasteiger partial charge on any atom is -0.432 e. The molecule has 47 heavy (non-hydrogen) atoms. The predicted molar refractivity (Wildman–Crippen MR) is 171 cm³/mol. The van der Waals surface area contributed by atoms with Gasteiger partial charge in [-0.15, -0.1) is 0 Å². The van der Waals surface area contributed by atoms with Gasteiger partial charge < -0.3 is 50.3 Å². The number of carbonyl (C=O) groups excluding carboxylic acids is 1. The molecule has 17 unspecified atom stereocenters. The SMILES string of the molecule is CC(CCC(O)C(C)(C)O)C1CCC2(C)C3CCC4C(C)(C(=O)OC5OC(CO)C(O)C(O)C5O)C(O)CC(O)C4(C)C3CCC12C. The van der Waals surface area contributed by atoms with Crippen molar-refractivity contribution >= 4 is 5.97 Å². The van der Waals surface area contributed by atoms with Gasteiger partial charge in [-0.05, 0) is 113 Å². The first-order chi connectivity index (χ1) is 21.7. The van der Waals surface area contributed by atoms with Crippen molar-refractivity contribution in [2.24, 2.45) is 51.2 Å². The van der Waals surface area contributed by atoms with Crippen LogP contribution < -0.4 is 0 Å². The minimum absolute atomic E-state index is 0.000705. The predicted octanol–water partition coefficient (Wildman–Crippen LogP) is 1.87. The first-order valence-corrected chi connectivity index (χ1v) is 18.0. The summed E-state index contributed by atoms with van der Waals surface area (Å²) in [5.74, 6) is 0.0122. The van der Waals surface area contributed by atoms with E-state index in [0.29, 0.717) is 30.6 Å². The second kappa shape index (κ2) is 12.7. The summed E-state index contributed by atoms with van der Waals surface area (Å²) in [5, 5.41) is 84.7. The highest BCUT2D eigenvalue weighted by atomic mass is 16.7. The zero-order valence-electron chi connectivity index (χ0n) is 29.4. The zero-order chi connectivity index (χ0) is 35.1. The van der Waals surface area contributed by atoms with Crippen molar-refractivity contribution in [3.05, 3.63) is 0 Å². The van der Waals surface area contributed by atoms with Crippen LogP contribution in [0.25, 0.3) is 0 Å². The summed E-state index contributed by atoms with van der Waals surface area (Å²) in [6.45, 7) is 13.5. The molecule has 0 aromatic heterocycles. The van der Waals surface area contributed by atoms with Crippen molar-refractivity contribution in [2.45, 2.75) is 161 Å². The average molecular weight is 671 g/mol. The molecule has 0 amide bonds. The topological polar surface area (TPSA) is 197 Å². The number of ether oxygens (including phenoxy) is 2. The third-order valence-corrected chi connectivity index (χ3v) is 15.2. The summed E-state index contributed by atoms with van der Waals surface area (Å²) in [7, 11) is 0. The van der Waals surface area contributed by atoms with Gasteiger partial charge >= 0.3 is 5.97 Å². The number of aliphatic hydroxyl groups excluding tert-OH is 7. The van der Waals surface area contributed by atoms with Crippen LogP contribution in [0.15, 0.2) is 0 Å². The van der Waals surface area contributed by atoms with Crippen molar-refractivity contribution < 1.29 is 55.1 Å². The van der Waals surface area contributed by atoms with E-state index in [1.54, 1.807) is 20.8 Å². The van der Waals surface area contributed by atoms with Crippen LogP contribution in [0, 0.1) is 51.2 Å². The van der Waals surface area contributed by atoms with E-state index in [4.69, 9.17) is 9.47 Å². The summed E-state index contributed by atoms with van der Waals surface area (Å²) in [5.41, 5.74) is -3.21. The van der Waals surface area contributed by atoms with Gasteiger partial charge in [0.25, 0.3) is 0 Å². The summed E-state index contributed by atoms with van der Waals surface area (Å²) in [4.78, 5) is 14.1. The quantitative estimate of drug-likeness (QED) is 0.176. The van der Waals surface area contributed by atoms with Gasteiger partial charge in [-0.25, -0.2) is 0 Å². The average Bonchev–Trinajstić information content (AvgIpc) is 3.29. The Morgan fingerprint density at radius 2 is 1.51 bits per heavy atom. The summed E-state index contributed by atoms with van der Waals surface area (Å²) < 4.78 is 11.1. The van der Waals surface area contributed by atoms with Crippen LogP contribution in [0.3, 0.4) is 0 Å². The number of esters is 1. The van der Waals surface area contributed by atoms with E-state index in [1.807, 2.05) is 0 Å². The molecule has 5 aliphatic rings. The molecule has 0 bridgehead atoms. The fourth-order valence-electron chi connectivity index (χ4n) is 11.8. The molecule has 11 nitrogen and oxygen atoms in total. The number of hydrogen-bond acceptors (Lipinski definition) is 11. The Balaban J connectivity index is 1.38. The van der Waals surface area contributed by atoms with Crippen LogP contribution in [0.1, 0.15) is 106 Å². The zero-order valence-corrected chi connectivity index (χ0v) is 29.4. The third-order valence-electron chi connectivity index (χ3n) is 15.2. The Morgan fingerprint density at radius 3 is 2.13 bits per heavy atom. The van der Waals surface area contributed by atoms with Crippen LogP contribution in [0.5, 0.6) is 0 Å². The Labute approximate surface area is 279 Å². The third kappa shape index (κ3) is 5.62. The number of aliphatic hydroxyl groups is 8. The molecule has 17 atom stereocenters. The van der Waals surface area contributed by atoms with Gasteiger partial charge in [0.2, 0.25) is 6.29 Å². The van der Waals surface area contributed by atoms with E-state index in [0.717, 1.165) is 38.5 Å². The highest BCUT2D eigenvalue weighted by molar-refractivity contribution is 5.78. The van der Waals surface area contributed by atoms with Crippen molar-refractivity contribution in [2.75, 3.05) is 6.61 Å². The number of carbonyl (C=O) groups is 1.